The molecule has 0 bridgehead atoms. The minimum Gasteiger partial charge on any atom is -0.378 e. The number of halogens is 1. The number of hydrogen-bond acceptors (Lipinski definition) is 4. The van der Waals surface area contributed by atoms with Crippen LogP contribution in [0.2, 0.25) is 0 Å². The van der Waals surface area contributed by atoms with E-state index in [1.165, 1.54) is 0 Å². The summed E-state index contributed by atoms with van der Waals surface area (Å²) < 4.78 is 5.66. The lowest BCUT2D eigenvalue weighted by Crippen LogP contribution is -2.76. The summed E-state index contributed by atoms with van der Waals surface area (Å²) in [6, 6.07) is -0.0129. The molecule has 0 saturated heterocycles. The third-order valence-corrected chi connectivity index (χ3v) is 5.65. The Kier molecular flexibility index (Phi) is 6.47. The van der Waals surface area contributed by atoms with Crippen molar-refractivity contribution in [1.82, 2.24) is 5.32 Å². The fourth-order valence-electron chi connectivity index (χ4n) is 3.71. The Balaban J connectivity index is 0.00000264. The number of nitrogens with one attached hydrogen (secondary N) is 1. The minimum atomic E-state index is -0.910. The summed E-state index contributed by atoms with van der Waals surface area (Å²) in [5.74, 6) is -0.552. The highest BCUT2D eigenvalue weighted by Gasteiger charge is 2.63. The number of primary amides is 1. The summed E-state index contributed by atoms with van der Waals surface area (Å²) in [4.78, 5) is 24.0. The maximum atomic E-state index is 12.6. The molecule has 0 spiro atoms. The van der Waals surface area contributed by atoms with Gasteiger partial charge in [0.15, 0.2) is 0 Å². The average molecular weight is 348 g/mol. The van der Waals surface area contributed by atoms with Crippen LogP contribution in [0.4, 0.5) is 0 Å². The van der Waals surface area contributed by atoms with E-state index in [1.54, 1.807) is 0 Å². The molecule has 4 atom stereocenters. The predicted octanol–water partition coefficient (Wildman–Crippen LogP) is 1.10. The van der Waals surface area contributed by atoms with Crippen LogP contribution in [0.3, 0.4) is 0 Å². The van der Waals surface area contributed by atoms with Gasteiger partial charge >= 0.3 is 0 Å². The van der Waals surface area contributed by atoms with Gasteiger partial charge in [-0.15, -0.1) is 12.4 Å². The predicted molar refractivity (Wildman–Crippen MR) is 91.1 cm³/mol. The number of rotatable bonds is 5. The Bertz CT molecular complexity index is 458. The van der Waals surface area contributed by atoms with Gasteiger partial charge in [-0.05, 0) is 26.2 Å². The van der Waals surface area contributed by atoms with Crippen molar-refractivity contribution in [3.63, 3.8) is 0 Å². The summed E-state index contributed by atoms with van der Waals surface area (Å²) in [7, 11) is 0. The lowest BCUT2D eigenvalue weighted by Gasteiger charge is -2.57. The Hall–Kier alpha value is -0.850. The smallest absolute Gasteiger partial charge is 0.241 e. The van der Waals surface area contributed by atoms with Crippen LogP contribution in [0.5, 0.6) is 0 Å². The molecule has 2 aliphatic carbocycles. The zero-order chi connectivity index (χ0) is 16.5. The van der Waals surface area contributed by atoms with Crippen molar-refractivity contribution in [2.24, 2.45) is 22.8 Å². The van der Waals surface area contributed by atoms with Crippen molar-refractivity contribution in [1.29, 1.82) is 0 Å². The highest BCUT2D eigenvalue weighted by Crippen LogP contribution is 2.50. The molecule has 2 rings (SSSR count). The second kappa shape index (κ2) is 7.36. The topological polar surface area (TPSA) is 107 Å². The zero-order valence-corrected chi connectivity index (χ0v) is 15.1. The highest BCUT2D eigenvalue weighted by molar-refractivity contribution is 5.89. The summed E-state index contributed by atoms with van der Waals surface area (Å²) in [6.45, 7) is 6.51. The maximum Gasteiger partial charge on any atom is 0.241 e. The first-order chi connectivity index (χ1) is 10.2. The molecule has 2 fully saturated rings. The Morgan fingerprint density at radius 1 is 1.30 bits per heavy atom. The third-order valence-electron chi connectivity index (χ3n) is 5.65. The summed E-state index contributed by atoms with van der Waals surface area (Å²) >= 11 is 0. The summed E-state index contributed by atoms with van der Waals surface area (Å²) in [5.41, 5.74) is 10.4. The minimum absolute atomic E-state index is 0. The third kappa shape index (κ3) is 3.64. The standard InChI is InChI=1S/C16H29N3O3.ClH/c1-4-22-12-9-16(18,15(12,2)3)14(21)19-11-7-5-6-10(8-11)13(17)20;/h10-12H,4-9,18H2,1-3H3,(H2,17,20)(H,19,21);1H. The van der Waals surface area contributed by atoms with E-state index in [0.717, 1.165) is 19.3 Å². The van der Waals surface area contributed by atoms with Gasteiger partial charge in [0.05, 0.1) is 6.10 Å². The number of nitrogens with two attached hydrogens (primary N) is 2. The van der Waals surface area contributed by atoms with Gasteiger partial charge in [0.1, 0.15) is 5.54 Å². The van der Waals surface area contributed by atoms with Crippen molar-refractivity contribution in [3.8, 4) is 0 Å². The van der Waals surface area contributed by atoms with Crippen molar-refractivity contribution >= 4 is 24.2 Å². The molecule has 6 nitrogen and oxygen atoms in total. The fourth-order valence-corrected chi connectivity index (χ4v) is 3.71. The van der Waals surface area contributed by atoms with E-state index in [-0.39, 0.29) is 42.3 Å². The molecule has 5 N–H and O–H groups in total. The van der Waals surface area contributed by atoms with E-state index in [2.05, 4.69) is 5.32 Å². The highest BCUT2D eigenvalue weighted by atomic mass is 35.5. The van der Waals surface area contributed by atoms with Gasteiger partial charge in [-0.25, -0.2) is 0 Å². The van der Waals surface area contributed by atoms with Crippen LogP contribution in [0, 0.1) is 11.3 Å². The number of carbonyl (C=O) groups excluding carboxylic acids is 2. The Morgan fingerprint density at radius 3 is 2.48 bits per heavy atom. The van der Waals surface area contributed by atoms with Gasteiger partial charge < -0.3 is 21.5 Å². The van der Waals surface area contributed by atoms with Gasteiger partial charge in [-0.3, -0.25) is 9.59 Å². The van der Waals surface area contributed by atoms with Crippen molar-refractivity contribution < 1.29 is 14.3 Å². The van der Waals surface area contributed by atoms with Crippen molar-refractivity contribution in [2.45, 2.75) is 70.6 Å². The summed E-state index contributed by atoms with van der Waals surface area (Å²) in [5, 5.41) is 3.04. The molecule has 7 heteroatoms. The molecule has 2 saturated carbocycles. The molecule has 23 heavy (non-hydrogen) atoms. The Morgan fingerprint density at radius 2 is 1.96 bits per heavy atom. The lowest BCUT2D eigenvalue weighted by molar-refractivity contribution is -0.171. The second-order valence-corrected chi connectivity index (χ2v) is 7.28. The van der Waals surface area contributed by atoms with E-state index in [0.29, 0.717) is 19.4 Å². The Labute approximate surface area is 144 Å². The monoisotopic (exact) mass is 347 g/mol. The van der Waals surface area contributed by atoms with Gasteiger partial charge in [-0.2, -0.15) is 0 Å². The summed E-state index contributed by atoms with van der Waals surface area (Å²) in [6.07, 6.45) is 3.76. The quantitative estimate of drug-likeness (QED) is 0.692. The van der Waals surface area contributed by atoms with E-state index >= 15 is 0 Å². The lowest BCUT2D eigenvalue weighted by atomic mass is 9.54. The van der Waals surface area contributed by atoms with Crippen LogP contribution in [0.15, 0.2) is 0 Å². The van der Waals surface area contributed by atoms with Crippen molar-refractivity contribution in [2.75, 3.05) is 6.61 Å². The first-order valence-corrected chi connectivity index (χ1v) is 8.23. The van der Waals surface area contributed by atoms with Gasteiger partial charge in [0.25, 0.3) is 0 Å². The van der Waals surface area contributed by atoms with E-state index < -0.39 is 11.0 Å². The number of hydrogen-bond donors (Lipinski definition) is 3. The molecule has 4 unspecified atom stereocenters. The van der Waals surface area contributed by atoms with Crippen LogP contribution in [-0.4, -0.2) is 36.1 Å². The molecule has 2 aliphatic rings. The largest absolute Gasteiger partial charge is 0.378 e. The molecule has 0 aromatic rings. The fraction of sp³-hybridized carbons (Fsp3) is 0.875. The van der Waals surface area contributed by atoms with E-state index in [4.69, 9.17) is 16.2 Å². The molecule has 0 heterocycles. The first kappa shape index (κ1) is 20.2. The van der Waals surface area contributed by atoms with Gasteiger partial charge in [0, 0.05) is 30.4 Å². The van der Waals surface area contributed by atoms with Gasteiger partial charge in [-0.1, -0.05) is 20.3 Å². The van der Waals surface area contributed by atoms with Crippen LogP contribution >= 0.6 is 12.4 Å². The van der Waals surface area contributed by atoms with Crippen molar-refractivity contribution in [3.05, 3.63) is 0 Å². The molecule has 0 aliphatic heterocycles. The zero-order valence-electron chi connectivity index (χ0n) is 14.3. The first-order valence-electron chi connectivity index (χ1n) is 8.23. The average Bonchev–Trinajstić information content (AvgIpc) is 2.47. The normalized spacial score (nSPS) is 35.6. The van der Waals surface area contributed by atoms with Crippen LogP contribution in [0.1, 0.15) is 52.9 Å². The molecule has 0 aromatic heterocycles. The van der Waals surface area contributed by atoms with E-state index in [9.17, 15) is 9.59 Å². The number of carbonyl (C=O) groups is 2. The maximum absolute atomic E-state index is 12.6. The molecule has 0 aromatic carbocycles. The molecule has 2 amide bonds. The number of ether oxygens (including phenoxy) is 1. The number of amides is 2. The van der Waals surface area contributed by atoms with Crippen LogP contribution < -0.4 is 16.8 Å². The van der Waals surface area contributed by atoms with Crippen LogP contribution in [-0.2, 0) is 14.3 Å². The van der Waals surface area contributed by atoms with Crippen LogP contribution in [0.25, 0.3) is 0 Å². The molecular weight excluding hydrogens is 318 g/mol. The van der Waals surface area contributed by atoms with E-state index in [1.807, 2.05) is 20.8 Å². The second-order valence-electron chi connectivity index (χ2n) is 7.28. The molecule has 134 valence electrons. The molecule has 0 radical (unpaired) electrons. The van der Waals surface area contributed by atoms with Gasteiger partial charge in [0.2, 0.25) is 11.8 Å². The SMILES string of the molecule is CCOC1CC(N)(C(=O)NC2CCCC(C(N)=O)C2)C1(C)C.Cl. The molecular formula is C16H30ClN3O3.